The predicted molar refractivity (Wildman–Crippen MR) is 113 cm³/mol. The number of H-pyrrole nitrogens is 1. The Balaban J connectivity index is 1.42. The van der Waals surface area contributed by atoms with E-state index in [0.717, 1.165) is 44.7 Å². The molecule has 1 amide bonds. The van der Waals surface area contributed by atoms with Crippen LogP contribution in [0.3, 0.4) is 0 Å². The minimum atomic E-state index is 0.0573. The van der Waals surface area contributed by atoms with E-state index in [9.17, 15) is 4.79 Å². The normalized spacial score (nSPS) is 14.8. The number of fused-ring (bicyclic) bond motifs is 1. The lowest BCUT2D eigenvalue weighted by Crippen LogP contribution is -2.48. The fourth-order valence-electron chi connectivity index (χ4n) is 3.76. The number of furan rings is 1. The van der Waals surface area contributed by atoms with Gasteiger partial charge in [0, 0.05) is 54.4 Å². The van der Waals surface area contributed by atoms with E-state index in [1.54, 1.807) is 17.6 Å². The second-order valence-electron chi connectivity index (χ2n) is 6.76. The number of piperazine rings is 1. The lowest BCUT2D eigenvalue weighted by atomic mass is 10.0. The zero-order chi connectivity index (χ0) is 19.1. The van der Waals surface area contributed by atoms with E-state index in [1.165, 1.54) is 0 Å². The van der Waals surface area contributed by atoms with Crippen molar-refractivity contribution in [2.45, 2.75) is 0 Å². The number of benzene rings is 1. The summed E-state index contributed by atoms with van der Waals surface area (Å²) in [5.74, 6) is 0.813. The maximum atomic E-state index is 13.3. The van der Waals surface area contributed by atoms with Crippen molar-refractivity contribution in [2.75, 3.05) is 31.1 Å². The third-order valence-corrected chi connectivity index (χ3v) is 6.45. The molecule has 1 aliphatic heterocycles. The molecule has 5 rings (SSSR count). The van der Waals surface area contributed by atoms with Crippen LogP contribution in [0.25, 0.3) is 22.2 Å². The van der Waals surface area contributed by atoms with Gasteiger partial charge in [0.25, 0.3) is 5.91 Å². The monoisotopic (exact) mass is 411 g/mol. The molecular formula is C21H18ClN3O2S. The summed E-state index contributed by atoms with van der Waals surface area (Å²) < 4.78 is 6.36. The Labute approximate surface area is 171 Å². The number of nitrogens with one attached hydrogen (secondary N) is 1. The SMILES string of the molecule is O=C(c1cccc2[nH]cc(-c3ccco3)c12)N1CCN(c2ccc(Cl)s2)CC1. The highest BCUT2D eigenvalue weighted by Crippen LogP contribution is 2.33. The summed E-state index contributed by atoms with van der Waals surface area (Å²) >= 11 is 7.63. The molecule has 0 spiro atoms. The Hall–Kier alpha value is -2.70. The van der Waals surface area contributed by atoms with E-state index < -0.39 is 0 Å². The Morgan fingerprint density at radius 3 is 2.64 bits per heavy atom. The van der Waals surface area contributed by atoms with E-state index in [1.807, 2.05) is 53.6 Å². The largest absolute Gasteiger partial charge is 0.464 e. The van der Waals surface area contributed by atoms with Crippen molar-refractivity contribution in [1.82, 2.24) is 9.88 Å². The average Bonchev–Trinajstić information content (AvgIpc) is 3.47. The van der Waals surface area contributed by atoms with Crippen LogP contribution in [0, 0.1) is 0 Å². The summed E-state index contributed by atoms with van der Waals surface area (Å²) in [6.45, 7) is 2.98. The van der Waals surface area contributed by atoms with Gasteiger partial charge in [-0.15, -0.1) is 11.3 Å². The highest BCUT2D eigenvalue weighted by molar-refractivity contribution is 7.19. The Bertz CT molecular complexity index is 1120. The lowest BCUT2D eigenvalue weighted by molar-refractivity contribution is 0.0749. The van der Waals surface area contributed by atoms with Crippen LogP contribution in [0.2, 0.25) is 4.34 Å². The summed E-state index contributed by atoms with van der Waals surface area (Å²) in [6, 6.07) is 13.5. The molecule has 142 valence electrons. The highest BCUT2D eigenvalue weighted by atomic mass is 35.5. The van der Waals surface area contributed by atoms with E-state index in [4.69, 9.17) is 16.0 Å². The maximum absolute atomic E-state index is 13.3. The lowest BCUT2D eigenvalue weighted by Gasteiger charge is -2.35. The van der Waals surface area contributed by atoms with Gasteiger partial charge in [-0.1, -0.05) is 17.7 Å². The van der Waals surface area contributed by atoms with Gasteiger partial charge in [-0.3, -0.25) is 4.79 Å². The fourth-order valence-corrected chi connectivity index (χ4v) is 4.85. The molecule has 28 heavy (non-hydrogen) atoms. The molecule has 0 aliphatic carbocycles. The molecule has 1 aliphatic rings. The standard InChI is InChI=1S/C21H18ClN3O2S/c22-18-6-7-19(28-18)24-8-10-25(11-9-24)21(26)14-3-1-4-16-20(14)15(13-23-16)17-5-2-12-27-17/h1-7,12-13,23H,8-11H2. The maximum Gasteiger partial charge on any atom is 0.254 e. The van der Waals surface area contributed by atoms with Gasteiger partial charge in [-0.25, -0.2) is 0 Å². The van der Waals surface area contributed by atoms with Gasteiger partial charge in [0.1, 0.15) is 5.76 Å². The topological polar surface area (TPSA) is 52.5 Å². The van der Waals surface area contributed by atoms with Gasteiger partial charge in [-0.05, 0) is 36.4 Å². The minimum Gasteiger partial charge on any atom is -0.464 e. The number of halogens is 1. The first-order valence-electron chi connectivity index (χ1n) is 9.14. The van der Waals surface area contributed by atoms with Crippen molar-refractivity contribution >= 4 is 44.7 Å². The summed E-state index contributed by atoms with van der Waals surface area (Å²) in [5.41, 5.74) is 2.55. The molecule has 0 radical (unpaired) electrons. The molecule has 4 aromatic rings. The fraction of sp³-hybridized carbons (Fsp3) is 0.190. The van der Waals surface area contributed by atoms with Gasteiger partial charge in [0.2, 0.25) is 0 Å². The van der Waals surface area contributed by atoms with E-state index in [2.05, 4.69) is 9.88 Å². The number of aromatic nitrogens is 1. The number of rotatable bonds is 3. The molecule has 0 saturated carbocycles. The summed E-state index contributed by atoms with van der Waals surface area (Å²) in [4.78, 5) is 20.8. The van der Waals surface area contributed by atoms with Crippen LogP contribution < -0.4 is 4.90 Å². The average molecular weight is 412 g/mol. The van der Waals surface area contributed by atoms with Crippen molar-refractivity contribution in [1.29, 1.82) is 0 Å². The number of hydrogen-bond acceptors (Lipinski definition) is 4. The Morgan fingerprint density at radius 2 is 1.93 bits per heavy atom. The van der Waals surface area contributed by atoms with Crippen LogP contribution in [0.15, 0.2) is 59.3 Å². The molecule has 1 aromatic carbocycles. The quantitative estimate of drug-likeness (QED) is 0.510. The number of nitrogens with zero attached hydrogens (tertiary/aromatic N) is 2. The number of carbonyl (C=O) groups excluding carboxylic acids is 1. The van der Waals surface area contributed by atoms with Crippen LogP contribution in [0.5, 0.6) is 0 Å². The highest BCUT2D eigenvalue weighted by Gasteiger charge is 2.25. The van der Waals surface area contributed by atoms with Crippen molar-refractivity contribution in [2.24, 2.45) is 0 Å². The molecule has 0 unspecified atom stereocenters. The molecule has 1 saturated heterocycles. The van der Waals surface area contributed by atoms with Gasteiger partial charge in [0.15, 0.2) is 0 Å². The number of aromatic amines is 1. The summed E-state index contributed by atoms with van der Waals surface area (Å²) in [7, 11) is 0. The van der Waals surface area contributed by atoms with Gasteiger partial charge >= 0.3 is 0 Å². The second kappa shape index (κ2) is 7.04. The first kappa shape index (κ1) is 17.4. The molecular weight excluding hydrogens is 394 g/mol. The summed E-state index contributed by atoms with van der Waals surface area (Å²) in [6.07, 6.45) is 3.55. The minimum absolute atomic E-state index is 0.0573. The van der Waals surface area contributed by atoms with Crippen LogP contribution in [0.4, 0.5) is 5.00 Å². The first-order valence-corrected chi connectivity index (χ1v) is 10.3. The van der Waals surface area contributed by atoms with Crippen LogP contribution in [-0.4, -0.2) is 42.0 Å². The summed E-state index contributed by atoms with van der Waals surface area (Å²) in [5, 5.41) is 2.07. The second-order valence-corrected chi connectivity index (χ2v) is 8.46. The molecule has 5 nitrogen and oxygen atoms in total. The third-order valence-electron chi connectivity index (χ3n) is 5.16. The van der Waals surface area contributed by atoms with Crippen LogP contribution in [-0.2, 0) is 0 Å². The predicted octanol–water partition coefficient (Wildman–Crippen LogP) is 5.11. The number of amides is 1. The molecule has 1 fully saturated rings. The molecule has 3 aromatic heterocycles. The smallest absolute Gasteiger partial charge is 0.254 e. The van der Waals surface area contributed by atoms with Gasteiger partial charge in [-0.2, -0.15) is 0 Å². The van der Waals surface area contributed by atoms with E-state index in [-0.39, 0.29) is 5.91 Å². The first-order chi connectivity index (χ1) is 13.7. The Morgan fingerprint density at radius 1 is 1.07 bits per heavy atom. The Kier molecular flexibility index (Phi) is 4.37. The third kappa shape index (κ3) is 2.99. The van der Waals surface area contributed by atoms with Crippen LogP contribution >= 0.6 is 22.9 Å². The van der Waals surface area contributed by atoms with Crippen molar-refractivity contribution in [3.05, 3.63) is 64.8 Å². The van der Waals surface area contributed by atoms with E-state index in [0.29, 0.717) is 18.7 Å². The number of thiophene rings is 1. The molecule has 0 bridgehead atoms. The molecule has 7 heteroatoms. The number of carbonyl (C=O) groups is 1. The zero-order valence-electron chi connectivity index (χ0n) is 15.0. The van der Waals surface area contributed by atoms with Crippen molar-refractivity contribution in [3.63, 3.8) is 0 Å². The van der Waals surface area contributed by atoms with Gasteiger partial charge < -0.3 is 19.2 Å². The van der Waals surface area contributed by atoms with E-state index >= 15 is 0 Å². The van der Waals surface area contributed by atoms with Crippen molar-refractivity contribution < 1.29 is 9.21 Å². The van der Waals surface area contributed by atoms with Crippen LogP contribution in [0.1, 0.15) is 10.4 Å². The molecule has 0 atom stereocenters. The number of anilines is 1. The van der Waals surface area contributed by atoms with Crippen molar-refractivity contribution in [3.8, 4) is 11.3 Å². The van der Waals surface area contributed by atoms with Gasteiger partial charge in [0.05, 0.1) is 15.6 Å². The molecule has 1 N–H and O–H groups in total. The zero-order valence-corrected chi connectivity index (χ0v) is 16.6. The number of hydrogen-bond donors (Lipinski definition) is 1. The molecule has 4 heterocycles.